The molecule has 0 radical (unpaired) electrons. The van der Waals surface area contributed by atoms with E-state index in [4.69, 9.17) is 9.84 Å². The Morgan fingerprint density at radius 1 is 1.47 bits per heavy atom. The SMILES string of the molecule is Cc1cccnc1CNCCOCCO. The molecule has 0 aromatic carbocycles. The van der Waals surface area contributed by atoms with E-state index < -0.39 is 0 Å². The predicted molar refractivity (Wildman–Crippen MR) is 58.6 cm³/mol. The molecule has 0 spiro atoms. The molecule has 0 saturated carbocycles. The lowest BCUT2D eigenvalue weighted by Crippen LogP contribution is -2.21. The molecule has 0 saturated heterocycles. The van der Waals surface area contributed by atoms with E-state index >= 15 is 0 Å². The average molecular weight is 210 g/mol. The van der Waals surface area contributed by atoms with Crippen LogP contribution in [-0.4, -0.2) is 36.5 Å². The molecule has 0 amide bonds. The second-order valence-electron chi connectivity index (χ2n) is 3.28. The molecule has 15 heavy (non-hydrogen) atoms. The summed E-state index contributed by atoms with van der Waals surface area (Å²) in [5, 5.41) is 11.7. The fourth-order valence-electron chi connectivity index (χ4n) is 1.22. The van der Waals surface area contributed by atoms with Gasteiger partial charge >= 0.3 is 0 Å². The Balaban J connectivity index is 2.12. The van der Waals surface area contributed by atoms with Gasteiger partial charge < -0.3 is 15.2 Å². The van der Waals surface area contributed by atoms with Crippen molar-refractivity contribution in [3.8, 4) is 0 Å². The van der Waals surface area contributed by atoms with E-state index in [2.05, 4.69) is 10.3 Å². The van der Waals surface area contributed by atoms with E-state index in [1.165, 1.54) is 5.56 Å². The summed E-state index contributed by atoms with van der Waals surface area (Å²) < 4.78 is 5.12. The van der Waals surface area contributed by atoms with E-state index in [0.29, 0.717) is 13.2 Å². The van der Waals surface area contributed by atoms with Gasteiger partial charge in [-0.25, -0.2) is 0 Å². The second-order valence-corrected chi connectivity index (χ2v) is 3.28. The van der Waals surface area contributed by atoms with Gasteiger partial charge in [0.25, 0.3) is 0 Å². The van der Waals surface area contributed by atoms with Crippen LogP contribution in [0.1, 0.15) is 11.3 Å². The zero-order valence-electron chi connectivity index (χ0n) is 9.07. The number of rotatable bonds is 7. The van der Waals surface area contributed by atoms with Crippen LogP contribution in [0.2, 0.25) is 0 Å². The third-order valence-corrected chi connectivity index (χ3v) is 2.07. The number of hydrogen-bond donors (Lipinski definition) is 2. The van der Waals surface area contributed by atoms with Crippen molar-refractivity contribution >= 4 is 0 Å². The fourth-order valence-corrected chi connectivity index (χ4v) is 1.22. The summed E-state index contributed by atoms with van der Waals surface area (Å²) in [7, 11) is 0. The molecular weight excluding hydrogens is 192 g/mol. The van der Waals surface area contributed by atoms with E-state index in [1.54, 1.807) is 6.20 Å². The van der Waals surface area contributed by atoms with Crippen molar-refractivity contribution in [3.63, 3.8) is 0 Å². The Hall–Kier alpha value is -0.970. The van der Waals surface area contributed by atoms with Crippen LogP contribution in [-0.2, 0) is 11.3 Å². The van der Waals surface area contributed by atoms with Crippen LogP contribution >= 0.6 is 0 Å². The number of ether oxygens (including phenoxy) is 1. The molecule has 0 aliphatic heterocycles. The number of aryl methyl sites for hydroxylation is 1. The van der Waals surface area contributed by atoms with E-state index in [-0.39, 0.29) is 6.61 Å². The Labute approximate surface area is 90.3 Å². The van der Waals surface area contributed by atoms with Crippen molar-refractivity contribution in [2.45, 2.75) is 13.5 Å². The second kappa shape index (κ2) is 7.34. The van der Waals surface area contributed by atoms with Crippen LogP contribution in [0, 0.1) is 6.92 Å². The molecule has 0 aliphatic rings. The first kappa shape index (κ1) is 12.1. The summed E-state index contributed by atoms with van der Waals surface area (Å²) in [5.74, 6) is 0. The highest BCUT2D eigenvalue weighted by atomic mass is 16.5. The summed E-state index contributed by atoms with van der Waals surface area (Å²) in [6, 6.07) is 3.98. The maximum absolute atomic E-state index is 8.48. The van der Waals surface area contributed by atoms with Gasteiger partial charge in [-0.15, -0.1) is 0 Å². The first-order chi connectivity index (χ1) is 7.34. The molecule has 0 aliphatic carbocycles. The van der Waals surface area contributed by atoms with Crippen molar-refractivity contribution in [1.29, 1.82) is 0 Å². The third kappa shape index (κ3) is 4.88. The van der Waals surface area contributed by atoms with Gasteiger partial charge in [-0.05, 0) is 18.6 Å². The molecule has 0 bridgehead atoms. The number of aromatic nitrogens is 1. The minimum atomic E-state index is 0.0827. The smallest absolute Gasteiger partial charge is 0.0698 e. The first-order valence-electron chi connectivity index (χ1n) is 5.14. The molecule has 2 N–H and O–H groups in total. The minimum absolute atomic E-state index is 0.0827. The summed E-state index contributed by atoms with van der Waals surface area (Å²) in [4.78, 5) is 4.27. The van der Waals surface area contributed by atoms with Crippen LogP contribution in [0.3, 0.4) is 0 Å². The van der Waals surface area contributed by atoms with Crippen molar-refractivity contribution in [3.05, 3.63) is 29.6 Å². The average Bonchev–Trinajstić information content (AvgIpc) is 2.25. The largest absolute Gasteiger partial charge is 0.394 e. The van der Waals surface area contributed by atoms with Crippen LogP contribution in [0.25, 0.3) is 0 Å². The van der Waals surface area contributed by atoms with Gasteiger partial charge in [0.15, 0.2) is 0 Å². The molecule has 84 valence electrons. The molecule has 0 unspecified atom stereocenters. The molecule has 1 aromatic rings. The van der Waals surface area contributed by atoms with E-state index in [9.17, 15) is 0 Å². The molecule has 1 heterocycles. The van der Waals surface area contributed by atoms with Crippen molar-refractivity contribution in [2.75, 3.05) is 26.4 Å². The number of hydrogen-bond acceptors (Lipinski definition) is 4. The normalized spacial score (nSPS) is 10.5. The van der Waals surface area contributed by atoms with Crippen molar-refractivity contribution in [2.24, 2.45) is 0 Å². The summed E-state index contributed by atoms with van der Waals surface area (Å²) in [6.07, 6.45) is 1.80. The van der Waals surface area contributed by atoms with E-state index in [0.717, 1.165) is 18.8 Å². The zero-order chi connectivity index (χ0) is 10.9. The fraction of sp³-hybridized carbons (Fsp3) is 0.545. The van der Waals surface area contributed by atoms with Crippen molar-refractivity contribution < 1.29 is 9.84 Å². The Bertz CT molecular complexity index is 279. The maximum Gasteiger partial charge on any atom is 0.0698 e. The van der Waals surface area contributed by atoms with Gasteiger partial charge in [0.2, 0.25) is 0 Å². The third-order valence-electron chi connectivity index (χ3n) is 2.07. The van der Waals surface area contributed by atoms with Gasteiger partial charge in [0.05, 0.1) is 25.5 Å². The summed E-state index contributed by atoms with van der Waals surface area (Å²) in [6.45, 7) is 4.69. The van der Waals surface area contributed by atoms with Gasteiger partial charge in [-0.3, -0.25) is 4.98 Å². The van der Waals surface area contributed by atoms with Crippen LogP contribution in [0.4, 0.5) is 0 Å². The van der Waals surface area contributed by atoms with Gasteiger partial charge in [0.1, 0.15) is 0 Å². The molecule has 4 nitrogen and oxygen atoms in total. The number of aliphatic hydroxyl groups excluding tert-OH is 1. The first-order valence-corrected chi connectivity index (χ1v) is 5.14. The van der Waals surface area contributed by atoms with Gasteiger partial charge in [-0.1, -0.05) is 6.07 Å². The lowest BCUT2D eigenvalue weighted by Gasteiger charge is -2.06. The highest BCUT2D eigenvalue weighted by molar-refractivity contribution is 5.17. The summed E-state index contributed by atoms with van der Waals surface area (Å²) in [5.41, 5.74) is 2.26. The Kier molecular flexibility index (Phi) is 5.92. The predicted octanol–water partition coefficient (Wildman–Crippen LogP) is 0.489. The zero-order valence-corrected chi connectivity index (χ0v) is 9.07. The quantitative estimate of drug-likeness (QED) is 0.643. The molecule has 1 rings (SSSR count). The monoisotopic (exact) mass is 210 g/mol. The molecule has 1 aromatic heterocycles. The standard InChI is InChI=1S/C11H18N2O2/c1-10-3-2-4-13-11(10)9-12-5-7-15-8-6-14/h2-4,12,14H,5-9H2,1H3. The molecular formula is C11H18N2O2. The molecule has 4 heteroatoms. The maximum atomic E-state index is 8.48. The van der Waals surface area contributed by atoms with Crippen molar-refractivity contribution in [1.82, 2.24) is 10.3 Å². The Morgan fingerprint density at radius 3 is 3.07 bits per heavy atom. The number of nitrogens with one attached hydrogen (secondary N) is 1. The minimum Gasteiger partial charge on any atom is -0.394 e. The topological polar surface area (TPSA) is 54.4 Å². The number of pyridine rings is 1. The van der Waals surface area contributed by atoms with Gasteiger partial charge in [0, 0.05) is 19.3 Å². The number of aliphatic hydroxyl groups is 1. The van der Waals surface area contributed by atoms with Crippen LogP contribution in [0.5, 0.6) is 0 Å². The highest BCUT2D eigenvalue weighted by Gasteiger charge is 1.97. The van der Waals surface area contributed by atoms with Crippen LogP contribution in [0.15, 0.2) is 18.3 Å². The highest BCUT2D eigenvalue weighted by Crippen LogP contribution is 2.01. The summed E-state index contributed by atoms with van der Waals surface area (Å²) >= 11 is 0. The number of nitrogens with zero attached hydrogens (tertiary/aromatic N) is 1. The van der Waals surface area contributed by atoms with Gasteiger partial charge in [-0.2, -0.15) is 0 Å². The molecule has 0 fully saturated rings. The van der Waals surface area contributed by atoms with Crippen LogP contribution < -0.4 is 5.32 Å². The molecule has 0 atom stereocenters. The lowest BCUT2D eigenvalue weighted by molar-refractivity contribution is 0.0937. The lowest BCUT2D eigenvalue weighted by atomic mass is 10.2. The Morgan fingerprint density at radius 2 is 2.33 bits per heavy atom. The van der Waals surface area contributed by atoms with E-state index in [1.807, 2.05) is 19.1 Å².